The van der Waals surface area contributed by atoms with E-state index in [1.54, 1.807) is 53.4 Å². The van der Waals surface area contributed by atoms with E-state index in [0.29, 0.717) is 33.4 Å². The van der Waals surface area contributed by atoms with Crippen molar-refractivity contribution < 1.29 is 19.1 Å². The number of ether oxygens (including phenoxy) is 1. The Morgan fingerprint density at radius 3 is 2.50 bits per heavy atom. The fourth-order valence-electron chi connectivity index (χ4n) is 5.98. The van der Waals surface area contributed by atoms with Gasteiger partial charge in [0.15, 0.2) is 0 Å². The van der Waals surface area contributed by atoms with Crippen molar-refractivity contribution in [1.29, 1.82) is 0 Å². The maximum atomic E-state index is 14.6. The second-order valence-corrected chi connectivity index (χ2v) is 11.8. The lowest BCUT2D eigenvalue weighted by atomic mass is 9.86. The summed E-state index contributed by atoms with van der Waals surface area (Å²) in [4.78, 5) is 41.6. The molecule has 3 N–H and O–H groups in total. The van der Waals surface area contributed by atoms with Gasteiger partial charge in [-0.15, -0.1) is 0 Å². The third-order valence-corrected chi connectivity index (χ3v) is 8.79. The molecule has 4 aromatic rings. The zero-order chi connectivity index (χ0) is 31.4. The normalized spacial score (nSPS) is 16.1. The summed E-state index contributed by atoms with van der Waals surface area (Å²) in [6.07, 6.45) is 4.99. The number of aryl methyl sites for hydroxylation is 3. The number of methoxy groups -OCH3 is 1. The number of aromatic nitrogens is 1. The van der Waals surface area contributed by atoms with Crippen LogP contribution in [0.25, 0.3) is 0 Å². The molecule has 228 valence electrons. The van der Waals surface area contributed by atoms with Crippen LogP contribution in [0, 0.1) is 5.92 Å². The van der Waals surface area contributed by atoms with Crippen molar-refractivity contribution in [3.05, 3.63) is 111 Å². The lowest BCUT2D eigenvalue weighted by Crippen LogP contribution is -2.46. The number of carbonyl (C=O) groups excluding carboxylic acids is 3. The van der Waals surface area contributed by atoms with E-state index in [4.69, 9.17) is 33.7 Å². The zero-order valence-electron chi connectivity index (χ0n) is 24.6. The van der Waals surface area contributed by atoms with E-state index < -0.39 is 17.9 Å². The highest BCUT2D eigenvalue weighted by Crippen LogP contribution is 2.39. The Labute approximate surface area is 266 Å². The number of hydrogen-bond donors (Lipinski definition) is 2. The predicted octanol–water partition coefficient (Wildman–Crippen LogP) is 6.68. The molecule has 10 heteroatoms. The smallest absolute Gasteiger partial charge is 0.262 e. The van der Waals surface area contributed by atoms with Gasteiger partial charge >= 0.3 is 0 Å². The molecule has 0 spiro atoms. The molecule has 2 heterocycles. The fraction of sp³-hybridized carbons (Fsp3) is 0.265. The van der Waals surface area contributed by atoms with Crippen molar-refractivity contribution in [3.63, 3.8) is 0 Å². The van der Waals surface area contributed by atoms with Gasteiger partial charge in [0.25, 0.3) is 11.8 Å². The number of halogens is 2. The lowest BCUT2D eigenvalue weighted by molar-refractivity contribution is -0.118. The number of nitrogens with zero attached hydrogens (tertiary/aromatic N) is 2. The van der Waals surface area contributed by atoms with E-state index in [-0.39, 0.29) is 29.6 Å². The van der Waals surface area contributed by atoms with Crippen LogP contribution in [0.4, 0.5) is 11.4 Å². The Balaban J connectivity index is 1.51. The van der Waals surface area contributed by atoms with Gasteiger partial charge in [0.2, 0.25) is 5.91 Å². The van der Waals surface area contributed by atoms with Gasteiger partial charge in [0, 0.05) is 53.9 Å². The minimum Gasteiger partial charge on any atom is -0.496 e. The van der Waals surface area contributed by atoms with E-state index in [0.717, 1.165) is 24.8 Å². The molecule has 0 saturated carbocycles. The summed E-state index contributed by atoms with van der Waals surface area (Å²) >= 11 is 12.6. The predicted molar refractivity (Wildman–Crippen MR) is 174 cm³/mol. The molecule has 3 amide bonds. The summed E-state index contributed by atoms with van der Waals surface area (Å²) in [7, 11) is 3.47. The Bertz CT molecular complexity index is 1700. The number of carbonyl (C=O) groups is 3. The number of anilines is 2. The van der Waals surface area contributed by atoms with Gasteiger partial charge in [-0.25, -0.2) is 0 Å². The number of amides is 3. The Morgan fingerprint density at radius 2 is 1.80 bits per heavy atom. The molecule has 0 aliphatic carbocycles. The minimum absolute atomic E-state index is 0.0000978. The van der Waals surface area contributed by atoms with E-state index in [1.165, 1.54) is 12.8 Å². The minimum atomic E-state index is -0.494. The molecule has 2 unspecified atom stereocenters. The molecule has 1 aliphatic rings. The quantitative estimate of drug-likeness (QED) is 0.215. The van der Waals surface area contributed by atoms with Gasteiger partial charge in [0.1, 0.15) is 5.75 Å². The van der Waals surface area contributed by atoms with E-state index >= 15 is 0 Å². The molecular formula is C34H34Cl2N4O4. The van der Waals surface area contributed by atoms with Crippen molar-refractivity contribution in [1.82, 2.24) is 4.57 Å². The van der Waals surface area contributed by atoms with E-state index in [1.807, 2.05) is 31.4 Å². The van der Waals surface area contributed by atoms with Crippen LogP contribution in [0.1, 0.15) is 51.2 Å². The monoisotopic (exact) mass is 632 g/mol. The van der Waals surface area contributed by atoms with Crippen LogP contribution >= 0.6 is 23.2 Å². The maximum Gasteiger partial charge on any atom is 0.262 e. The summed E-state index contributed by atoms with van der Waals surface area (Å²) in [6, 6.07) is 20.6. The summed E-state index contributed by atoms with van der Waals surface area (Å²) < 4.78 is 7.74. The average molecular weight is 634 g/mol. The largest absolute Gasteiger partial charge is 0.496 e. The van der Waals surface area contributed by atoms with Crippen molar-refractivity contribution >= 4 is 52.3 Å². The van der Waals surface area contributed by atoms with Crippen LogP contribution in [-0.4, -0.2) is 35.4 Å². The highest BCUT2D eigenvalue weighted by Gasteiger charge is 2.38. The third kappa shape index (κ3) is 6.77. The first-order valence-electron chi connectivity index (χ1n) is 14.4. The van der Waals surface area contributed by atoms with Crippen LogP contribution < -0.4 is 20.7 Å². The van der Waals surface area contributed by atoms with Crippen molar-refractivity contribution in [3.8, 4) is 5.75 Å². The van der Waals surface area contributed by atoms with E-state index in [2.05, 4.69) is 16.0 Å². The van der Waals surface area contributed by atoms with E-state index in [9.17, 15) is 14.4 Å². The molecule has 3 aromatic carbocycles. The molecule has 0 bridgehead atoms. The van der Waals surface area contributed by atoms with Gasteiger partial charge in [-0.05, 0) is 91.8 Å². The number of rotatable bonds is 9. The third-order valence-electron chi connectivity index (χ3n) is 8.22. The van der Waals surface area contributed by atoms with Crippen LogP contribution in [0.3, 0.4) is 0 Å². The Hall–Kier alpha value is -4.27. The van der Waals surface area contributed by atoms with Gasteiger partial charge in [-0.1, -0.05) is 35.3 Å². The molecule has 8 nitrogen and oxygen atoms in total. The number of benzene rings is 3. The van der Waals surface area contributed by atoms with Gasteiger partial charge in [0.05, 0.1) is 23.3 Å². The van der Waals surface area contributed by atoms with Crippen molar-refractivity contribution in [2.24, 2.45) is 18.7 Å². The first-order valence-corrected chi connectivity index (χ1v) is 15.2. The van der Waals surface area contributed by atoms with Crippen LogP contribution in [0.2, 0.25) is 10.0 Å². The Kier molecular flexibility index (Phi) is 9.61. The molecule has 1 aromatic heterocycles. The summed E-state index contributed by atoms with van der Waals surface area (Å²) in [6.45, 7) is 0. The van der Waals surface area contributed by atoms with Crippen LogP contribution in [-0.2, 0) is 24.7 Å². The standard InChI is InChI=1S/C34H34Cl2N4O4/c1-39-17-5-6-25(39)14-11-21-9-10-22-18-23(35)12-16-29(22)40(30(21)20-32(37)41)34(43)27-15-13-24(19-31(27)44-2)38-33(42)26-7-3-4-8-28(26)36/h3-8,12-13,15-19,21,30H,9-11,14,20H2,1-2H3,(H2,37,41)(H,38,42). The molecule has 44 heavy (non-hydrogen) atoms. The second-order valence-electron chi connectivity index (χ2n) is 11.0. The zero-order valence-corrected chi connectivity index (χ0v) is 26.1. The van der Waals surface area contributed by atoms with Crippen molar-refractivity contribution in [2.45, 2.75) is 38.1 Å². The van der Waals surface area contributed by atoms with Crippen LogP contribution in [0.5, 0.6) is 5.75 Å². The fourth-order valence-corrected chi connectivity index (χ4v) is 6.40. The molecule has 5 rings (SSSR count). The highest BCUT2D eigenvalue weighted by molar-refractivity contribution is 6.34. The Morgan fingerprint density at radius 1 is 1.00 bits per heavy atom. The topological polar surface area (TPSA) is 107 Å². The molecule has 2 atom stereocenters. The number of fused-ring (bicyclic) bond motifs is 1. The number of primary amides is 1. The number of nitrogens with one attached hydrogen (secondary N) is 1. The molecule has 0 saturated heterocycles. The summed E-state index contributed by atoms with van der Waals surface area (Å²) in [5, 5.41) is 3.72. The second kappa shape index (κ2) is 13.6. The van der Waals surface area contributed by atoms with Gasteiger partial charge < -0.3 is 25.3 Å². The highest BCUT2D eigenvalue weighted by atomic mass is 35.5. The molecule has 1 aliphatic heterocycles. The number of hydrogen-bond acceptors (Lipinski definition) is 4. The maximum absolute atomic E-state index is 14.6. The summed E-state index contributed by atoms with van der Waals surface area (Å²) in [5.41, 5.74) is 9.61. The first-order chi connectivity index (χ1) is 21.2. The average Bonchev–Trinajstić information content (AvgIpc) is 3.35. The molecule has 0 fully saturated rings. The number of nitrogens with two attached hydrogens (primary N) is 1. The molecular weight excluding hydrogens is 599 g/mol. The lowest BCUT2D eigenvalue weighted by Gasteiger charge is -2.36. The summed E-state index contributed by atoms with van der Waals surface area (Å²) in [5.74, 6) is -0.972. The molecule has 0 radical (unpaired) electrons. The van der Waals surface area contributed by atoms with Crippen molar-refractivity contribution in [2.75, 3.05) is 17.3 Å². The van der Waals surface area contributed by atoms with Gasteiger partial charge in [-0.3, -0.25) is 14.4 Å². The van der Waals surface area contributed by atoms with Crippen LogP contribution in [0.15, 0.2) is 79.0 Å². The SMILES string of the molecule is COc1cc(NC(=O)c2ccccc2Cl)ccc1C(=O)N1c2ccc(Cl)cc2CCC(CCc2cccn2C)C1CC(N)=O. The first kappa shape index (κ1) is 31.2. The van der Waals surface area contributed by atoms with Gasteiger partial charge in [-0.2, -0.15) is 0 Å².